The highest BCUT2D eigenvalue weighted by Gasteiger charge is 2.21. The molecule has 0 aromatic heterocycles. The summed E-state index contributed by atoms with van der Waals surface area (Å²) >= 11 is 6.22. The first-order valence-electron chi connectivity index (χ1n) is 12.3. The van der Waals surface area contributed by atoms with E-state index in [1.165, 1.54) is 16.1 Å². The standard InChI is InChI=1S/C25H33ClN2O3S.C2H6/c1-27(16-12-21-7-3-4-8-24(21)26)15-6-5-9-25(29)23-11-10-20-13-17-28(32(2,30)31)18-14-22(20)19-23;1-2/h3-4,7-8,10-11,19H,5-6,9,12-18H2,1-2H3;1-2H3. The summed E-state index contributed by atoms with van der Waals surface area (Å²) in [7, 11) is -1.08. The molecule has 0 saturated carbocycles. The Labute approximate surface area is 211 Å². The third kappa shape index (κ3) is 8.81. The van der Waals surface area contributed by atoms with Gasteiger partial charge in [-0.05, 0) is 74.5 Å². The number of Topliss-reactive ketones (excluding diaryl/α,β-unsaturated/α-hetero) is 1. The summed E-state index contributed by atoms with van der Waals surface area (Å²) in [5, 5.41) is 0.816. The van der Waals surface area contributed by atoms with Crippen LogP contribution in [-0.2, 0) is 29.3 Å². The smallest absolute Gasteiger partial charge is 0.211 e. The predicted molar refractivity (Wildman–Crippen MR) is 142 cm³/mol. The molecule has 1 aliphatic rings. The lowest BCUT2D eigenvalue weighted by atomic mass is 9.97. The molecule has 0 fully saturated rings. The van der Waals surface area contributed by atoms with Crippen LogP contribution < -0.4 is 0 Å². The number of hydrogen-bond donors (Lipinski definition) is 0. The van der Waals surface area contributed by atoms with Gasteiger partial charge in [0.15, 0.2) is 5.78 Å². The topological polar surface area (TPSA) is 57.7 Å². The molecule has 0 unspecified atom stereocenters. The fourth-order valence-corrected chi connectivity index (χ4v) is 5.22. The van der Waals surface area contributed by atoms with Gasteiger partial charge in [0.1, 0.15) is 0 Å². The molecule has 34 heavy (non-hydrogen) atoms. The molecule has 0 aliphatic carbocycles. The molecule has 0 N–H and O–H groups in total. The van der Waals surface area contributed by atoms with Crippen molar-refractivity contribution in [1.29, 1.82) is 0 Å². The summed E-state index contributed by atoms with van der Waals surface area (Å²) in [6, 6.07) is 13.8. The molecule has 5 nitrogen and oxygen atoms in total. The lowest BCUT2D eigenvalue weighted by Crippen LogP contribution is -2.32. The number of rotatable bonds is 10. The summed E-state index contributed by atoms with van der Waals surface area (Å²) in [5.74, 6) is 0.163. The Morgan fingerprint density at radius 2 is 1.68 bits per heavy atom. The van der Waals surface area contributed by atoms with E-state index in [1.54, 1.807) is 0 Å². The van der Waals surface area contributed by atoms with E-state index in [4.69, 9.17) is 11.6 Å². The highest BCUT2D eigenvalue weighted by atomic mass is 35.5. The van der Waals surface area contributed by atoms with Gasteiger partial charge >= 0.3 is 0 Å². The molecule has 0 saturated heterocycles. The van der Waals surface area contributed by atoms with Crippen molar-refractivity contribution in [3.63, 3.8) is 0 Å². The lowest BCUT2D eigenvalue weighted by Gasteiger charge is -2.16. The van der Waals surface area contributed by atoms with Crippen molar-refractivity contribution < 1.29 is 13.2 Å². The minimum absolute atomic E-state index is 0.163. The lowest BCUT2D eigenvalue weighted by molar-refractivity contribution is 0.0978. The van der Waals surface area contributed by atoms with Gasteiger partial charge in [-0.25, -0.2) is 12.7 Å². The van der Waals surface area contributed by atoms with Crippen molar-refractivity contribution >= 4 is 27.4 Å². The third-order valence-electron chi connectivity index (χ3n) is 6.17. The summed E-state index contributed by atoms with van der Waals surface area (Å²) in [6.45, 7) is 6.86. The van der Waals surface area contributed by atoms with Gasteiger partial charge in [0, 0.05) is 36.6 Å². The molecule has 2 aromatic rings. The fraction of sp³-hybridized carbons (Fsp3) is 0.519. The van der Waals surface area contributed by atoms with Gasteiger partial charge in [-0.2, -0.15) is 0 Å². The van der Waals surface area contributed by atoms with Gasteiger partial charge in [-0.1, -0.05) is 55.8 Å². The molecule has 0 atom stereocenters. The van der Waals surface area contributed by atoms with Crippen LogP contribution >= 0.6 is 11.6 Å². The Bertz CT molecular complexity index is 1040. The van der Waals surface area contributed by atoms with E-state index in [1.807, 2.05) is 50.2 Å². The van der Waals surface area contributed by atoms with E-state index in [2.05, 4.69) is 18.0 Å². The van der Waals surface area contributed by atoms with Crippen molar-refractivity contribution in [2.75, 3.05) is 39.5 Å². The van der Waals surface area contributed by atoms with Gasteiger partial charge in [0.25, 0.3) is 0 Å². The van der Waals surface area contributed by atoms with Crippen LogP contribution in [0.5, 0.6) is 0 Å². The minimum Gasteiger partial charge on any atom is -0.306 e. The van der Waals surface area contributed by atoms with E-state index < -0.39 is 10.0 Å². The zero-order chi connectivity index (χ0) is 25.1. The molecule has 188 valence electrons. The van der Waals surface area contributed by atoms with Crippen LogP contribution in [0.25, 0.3) is 0 Å². The van der Waals surface area contributed by atoms with Gasteiger partial charge < -0.3 is 4.90 Å². The van der Waals surface area contributed by atoms with E-state index in [-0.39, 0.29) is 5.78 Å². The number of unbranched alkanes of at least 4 members (excludes halogenated alkanes) is 1. The van der Waals surface area contributed by atoms with Crippen LogP contribution in [0.1, 0.15) is 60.2 Å². The number of carbonyl (C=O) groups is 1. The van der Waals surface area contributed by atoms with Crippen molar-refractivity contribution in [3.05, 3.63) is 69.7 Å². The number of carbonyl (C=O) groups excluding carboxylic acids is 1. The number of hydrogen-bond acceptors (Lipinski definition) is 4. The van der Waals surface area contributed by atoms with Gasteiger partial charge in [0.05, 0.1) is 6.26 Å². The molecule has 2 aromatic carbocycles. The second kappa shape index (κ2) is 14.0. The molecule has 7 heteroatoms. The minimum atomic E-state index is -3.18. The van der Waals surface area contributed by atoms with Crippen LogP contribution in [0.4, 0.5) is 0 Å². The first-order valence-corrected chi connectivity index (χ1v) is 14.5. The second-order valence-corrected chi connectivity index (χ2v) is 11.1. The summed E-state index contributed by atoms with van der Waals surface area (Å²) in [6.07, 6.45) is 5.88. The predicted octanol–water partition coefficient (Wildman–Crippen LogP) is 5.25. The van der Waals surface area contributed by atoms with Crippen molar-refractivity contribution in [2.45, 2.75) is 52.4 Å². The van der Waals surface area contributed by atoms with E-state index in [0.717, 1.165) is 54.1 Å². The molecule has 0 bridgehead atoms. The average molecular weight is 507 g/mol. The largest absolute Gasteiger partial charge is 0.306 e. The van der Waals surface area contributed by atoms with Crippen LogP contribution in [0.15, 0.2) is 42.5 Å². The third-order valence-corrected chi connectivity index (χ3v) is 7.84. The molecular weight excluding hydrogens is 468 g/mol. The highest BCUT2D eigenvalue weighted by molar-refractivity contribution is 7.88. The summed E-state index contributed by atoms with van der Waals surface area (Å²) in [5.41, 5.74) is 4.15. The van der Waals surface area contributed by atoms with Crippen LogP contribution in [0, 0.1) is 0 Å². The fourth-order valence-electron chi connectivity index (χ4n) is 4.15. The average Bonchev–Trinajstić information content (AvgIpc) is 3.04. The SMILES string of the molecule is CC.CN(CCCCC(=O)c1ccc2c(c1)CCN(S(C)(=O)=O)CC2)CCc1ccccc1Cl. The van der Waals surface area contributed by atoms with Crippen molar-refractivity contribution in [2.24, 2.45) is 0 Å². The Hall–Kier alpha value is -1.73. The Balaban J connectivity index is 0.00000199. The molecule has 1 aliphatic heterocycles. The maximum absolute atomic E-state index is 12.7. The van der Waals surface area contributed by atoms with Crippen LogP contribution in [-0.4, -0.2) is 62.9 Å². The van der Waals surface area contributed by atoms with E-state index >= 15 is 0 Å². The van der Waals surface area contributed by atoms with Gasteiger partial charge in [-0.3, -0.25) is 4.79 Å². The number of nitrogens with zero attached hydrogens (tertiary/aromatic N) is 2. The number of sulfonamides is 1. The number of ketones is 1. The van der Waals surface area contributed by atoms with Crippen molar-refractivity contribution in [3.8, 4) is 0 Å². The maximum Gasteiger partial charge on any atom is 0.211 e. The Morgan fingerprint density at radius 3 is 2.35 bits per heavy atom. The second-order valence-electron chi connectivity index (χ2n) is 8.67. The first-order chi connectivity index (χ1) is 16.2. The Kier molecular flexibility index (Phi) is 11.7. The molecular formula is C27H39ClN2O3S. The number of fused-ring (bicyclic) bond motifs is 1. The monoisotopic (exact) mass is 506 g/mol. The zero-order valence-corrected chi connectivity index (χ0v) is 22.6. The van der Waals surface area contributed by atoms with Gasteiger partial charge in [0.2, 0.25) is 10.0 Å². The molecule has 3 rings (SSSR count). The zero-order valence-electron chi connectivity index (χ0n) is 21.0. The maximum atomic E-state index is 12.7. The molecule has 0 spiro atoms. The molecule has 0 radical (unpaired) electrons. The number of halogens is 1. The summed E-state index contributed by atoms with van der Waals surface area (Å²) in [4.78, 5) is 15.0. The normalized spacial score (nSPS) is 14.2. The van der Waals surface area contributed by atoms with Crippen LogP contribution in [0.2, 0.25) is 5.02 Å². The van der Waals surface area contributed by atoms with E-state index in [0.29, 0.717) is 32.4 Å². The quantitative estimate of drug-likeness (QED) is 0.326. The molecule has 1 heterocycles. The highest BCUT2D eigenvalue weighted by Crippen LogP contribution is 2.20. The number of benzene rings is 2. The van der Waals surface area contributed by atoms with Crippen molar-refractivity contribution in [1.82, 2.24) is 9.21 Å². The first kappa shape index (κ1) is 28.5. The Morgan fingerprint density at radius 1 is 1.00 bits per heavy atom. The summed E-state index contributed by atoms with van der Waals surface area (Å²) < 4.78 is 25.2. The molecule has 0 amide bonds. The van der Waals surface area contributed by atoms with Crippen LogP contribution in [0.3, 0.4) is 0 Å². The van der Waals surface area contributed by atoms with E-state index in [9.17, 15) is 13.2 Å². The van der Waals surface area contributed by atoms with Gasteiger partial charge in [-0.15, -0.1) is 0 Å². The number of likely N-dealkylation sites (N-methyl/N-ethyl adjacent to an activating group) is 1.